The monoisotopic (exact) mass is 374 g/mol. The van der Waals surface area contributed by atoms with Gasteiger partial charge >= 0.3 is 18.0 Å². The number of methoxy groups -OCH3 is 1. The van der Waals surface area contributed by atoms with Crippen LogP contribution >= 0.6 is 0 Å². The fourth-order valence-electron chi connectivity index (χ4n) is 3.46. The number of nitrogens with zero attached hydrogens (tertiary/aromatic N) is 2. The molecule has 0 aliphatic carbocycles. The Kier molecular flexibility index (Phi) is 4.08. The molecule has 3 rings (SSSR count). The van der Waals surface area contributed by atoms with E-state index in [2.05, 4.69) is 4.99 Å². The van der Waals surface area contributed by atoms with Gasteiger partial charge in [-0.2, -0.15) is 22.0 Å². The number of amides is 1. The highest BCUT2D eigenvalue weighted by Gasteiger charge is 2.66. The average molecular weight is 374 g/mol. The van der Waals surface area contributed by atoms with Gasteiger partial charge in [0.05, 0.1) is 18.2 Å². The van der Waals surface area contributed by atoms with E-state index in [0.29, 0.717) is 21.9 Å². The first kappa shape index (κ1) is 18.3. The zero-order valence-corrected chi connectivity index (χ0v) is 13.9. The average Bonchev–Trinajstić information content (AvgIpc) is 3.14. The maximum Gasteiger partial charge on any atom is 0.463 e. The second-order valence-corrected chi connectivity index (χ2v) is 6.07. The zero-order chi connectivity index (χ0) is 19.3. The number of hydrogen-bond acceptors (Lipinski definition) is 3. The van der Waals surface area contributed by atoms with Gasteiger partial charge in [-0.3, -0.25) is 9.79 Å². The Morgan fingerprint density at radius 1 is 1.31 bits per heavy atom. The highest BCUT2D eigenvalue weighted by Crippen LogP contribution is 2.51. The van der Waals surface area contributed by atoms with Crippen LogP contribution in [0.3, 0.4) is 0 Å². The molecule has 26 heavy (non-hydrogen) atoms. The molecule has 2 aliphatic heterocycles. The van der Waals surface area contributed by atoms with Crippen LogP contribution in [0.15, 0.2) is 35.0 Å². The van der Waals surface area contributed by atoms with Crippen LogP contribution in [-0.4, -0.2) is 42.8 Å². The highest BCUT2D eigenvalue weighted by molar-refractivity contribution is 5.94. The third-order valence-electron chi connectivity index (χ3n) is 4.73. The molecule has 0 saturated carbocycles. The van der Waals surface area contributed by atoms with Crippen molar-refractivity contribution in [2.24, 2.45) is 4.99 Å². The third-order valence-corrected chi connectivity index (χ3v) is 4.73. The van der Waals surface area contributed by atoms with Crippen molar-refractivity contribution in [1.29, 1.82) is 0 Å². The van der Waals surface area contributed by atoms with Gasteiger partial charge in [-0.15, -0.1) is 0 Å². The van der Waals surface area contributed by atoms with Gasteiger partial charge in [0.1, 0.15) is 5.75 Å². The van der Waals surface area contributed by atoms with Crippen molar-refractivity contribution in [1.82, 2.24) is 4.90 Å². The van der Waals surface area contributed by atoms with E-state index in [9.17, 15) is 26.7 Å². The lowest BCUT2D eigenvalue weighted by molar-refractivity contribution is -0.273. The summed E-state index contributed by atoms with van der Waals surface area (Å²) in [6.45, 7) is 1.22. The van der Waals surface area contributed by atoms with Gasteiger partial charge < -0.3 is 9.64 Å². The summed E-state index contributed by atoms with van der Waals surface area (Å²) in [5.74, 6) is -7.24. The highest BCUT2D eigenvalue weighted by atomic mass is 19.4. The van der Waals surface area contributed by atoms with Crippen LogP contribution in [0.25, 0.3) is 0 Å². The Labute approximate surface area is 146 Å². The Morgan fingerprint density at radius 2 is 2.00 bits per heavy atom. The number of rotatable bonds is 2. The molecule has 140 valence electrons. The molecule has 4 nitrogen and oxygen atoms in total. The fourth-order valence-corrected chi connectivity index (χ4v) is 3.46. The molecule has 1 atom stereocenters. The lowest BCUT2D eigenvalue weighted by Crippen LogP contribution is -2.51. The van der Waals surface area contributed by atoms with Crippen molar-refractivity contribution in [3.63, 3.8) is 0 Å². The van der Waals surface area contributed by atoms with E-state index < -0.39 is 23.4 Å². The number of carbonyl (C=O) groups is 1. The van der Waals surface area contributed by atoms with Crippen LogP contribution in [0.2, 0.25) is 0 Å². The van der Waals surface area contributed by atoms with E-state index in [-0.39, 0.29) is 18.7 Å². The molecule has 0 bridgehead atoms. The molecule has 1 amide bonds. The summed E-state index contributed by atoms with van der Waals surface area (Å²) >= 11 is 0. The molecule has 9 heteroatoms. The van der Waals surface area contributed by atoms with Crippen LogP contribution in [0.5, 0.6) is 5.75 Å². The third kappa shape index (κ3) is 2.40. The minimum Gasteiger partial charge on any atom is -0.497 e. The summed E-state index contributed by atoms with van der Waals surface area (Å²) in [5.41, 5.74) is 0.190. The van der Waals surface area contributed by atoms with E-state index >= 15 is 0 Å². The second kappa shape index (κ2) is 5.78. The van der Waals surface area contributed by atoms with Gasteiger partial charge in [0.15, 0.2) is 0 Å². The molecule has 1 spiro atoms. The molecular weight excluding hydrogens is 359 g/mol. The Hall–Kier alpha value is -2.45. The molecule has 0 radical (unpaired) electrons. The molecule has 1 aromatic carbocycles. The summed E-state index contributed by atoms with van der Waals surface area (Å²) in [7, 11) is 1.45. The van der Waals surface area contributed by atoms with Crippen molar-refractivity contribution in [3.8, 4) is 5.75 Å². The summed E-state index contributed by atoms with van der Waals surface area (Å²) in [6, 6.07) is 4.99. The van der Waals surface area contributed by atoms with Crippen LogP contribution in [0, 0.1) is 0 Å². The van der Waals surface area contributed by atoms with E-state index in [4.69, 9.17) is 4.74 Å². The van der Waals surface area contributed by atoms with Gasteiger partial charge in [-0.05, 0) is 37.1 Å². The Morgan fingerprint density at radius 3 is 2.58 bits per heavy atom. The number of fused-ring (bicyclic) bond motifs is 2. The first-order chi connectivity index (χ1) is 12.1. The molecule has 0 N–H and O–H groups in total. The Bertz CT molecular complexity index is 816. The Balaban J connectivity index is 2.04. The normalized spacial score (nSPS) is 23.8. The summed E-state index contributed by atoms with van der Waals surface area (Å²) in [5, 5.41) is 0. The van der Waals surface area contributed by atoms with E-state index in [1.54, 1.807) is 18.2 Å². The van der Waals surface area contributed by atoms with Gasteiger partial charge in [-0.1, -0.05) is 6.08 Å². The smallest absolute Gasteiger partial charge is 0.463 e. The molecule has 2 heterocycles. The number of carbonyl (C=O) groups excluding carboxylic acids is 1. The quantitative estimate of drug-likeness (QED) is 0.735. The first-order valence-electron chi connectivity index (χ1n) is 7.75. The van der Waals surface area contributed by atoms with E-state index in [1.807, 2.05) is 0 Å². The maximum atomic E-state index is 13.6. The number of aliphatic imine (C=N–C) groups is 1. The number of likely N-dealkylation sites (tertiary alicyclic amines) is 1. The number of ether oxygens (including phenoxy) is 1. The summed E-state index contributed by atoms with van der Waals surface area (Å²) in [6.07, 6.45) is -2.94. The van der Waals surface area contributed by atoms with E-state index in [1.165, 1.54) is 26.3 Å². The minimum atomic E-state index is -5.95. The van der Waals surface area contributed by atoms with Gasteiger partial charge in [0, 0.05) is 18.5 Å². The molecular formula is C17H15F5N2O2. The molecule has 0 aromatic heterocycles. The van der Waals surface area contributed by atoms with E-state index in [0.717, 1.165) is 0 Å². The van der Waals surface area contributed by atoms with Crippen molar-refractivity contribution < 1.29 is 31.5 Å². The number of halogens is 5. The zero-order valence-electron chi connectivity index (χ0n) is 13.9. The second-order valence-electron chi connectivity index (χ2n) is 6.07. The number of hydrogen-bond donors (Lipinski definition) is 0. The van der Waals surface area contributed by atoms with Crippen LogP contribution < -0.4 is 4.74 Å². The van der Waals surface area contributed by atoms with Crippen molar-refractivity contribution in [2.45, 2.75) is 30.9 Å². The van der Waals surface area contributed by atoms with Gasteiger partial charge in [0.2, 0.25) is 0 Å². The van der Waals surface area contributed by atoms with Crippen molar-refractivity contribution >= 4 is 17.8 Å². The fraction of sp³-hybridized carbons (Fsp3) is 0.412. The summed E-state index contributed by atoms with van der Waals surface area (Å²) < 4.78 is 70.2. The minimum absolute atomic E-state index is 0.0576. The lowest BCUT2D eigenvalue weighted by Gasteiger charge is -2.29. The molecule has 1 saturated heterocycles. The van der Waals surface area contributed by atoms with Gasteiger partial charge in [-0.25, -0.2) is 0 Å². The predicted octanol–water partition coefficient (Wildman–Crippen LogP) is 3.98. The van der Waals surface area contributed by atoms with Crippen LogP contribution in [0.4, 0.5) is 27.6 Å². The van der Waals surface area contributed by atoms with Crippen LogP contribution in [0.1, 0.15) is 18.9 Å². The number of benzene rings is 1. The molecule has 2 aliphatic rings. The molecule has 1 fully saturated rings. The molecule has 1 aromatic rings. The SMILES string of the molecule is CC=C1N(C(=O)C(F)(F)C(F)(F)F)CCC12C=Nc1ccc(OC)cc12. The van der Waals surface area contributed by atoms with Crippen LogP contribution in [-0.2, 0) is 10.2 Å². The maximum absolute atomic E-state index is 13.6. The summed E-state index contributed by atoms with van der Waals surface area (Å²) in [4.78, 5) is 16.8. The number of allylic oxidation sites excluding steroid dienone is 2. The standard InChI is InChI=1S/C17H15F5N2O2/c1-3-13-15(9-23-12-5-4-10(26-2)8-11(12)15)6-7-24(13)14(25)16(18,19)17(20,21)22/h3-5,8-9H,6-7H2,1-2H3. The largest absolute Gasteiger partial charge is 0.497 e. The van der Waals surface area contributed by atoms with Crippen molar-refractivity contribution in [3.05, 3.63) is 35.5 Å². The predicted molar refractivity (Wildman–Crippen MR) is 83.9 cm³/mol. The van der Waals surface area contributed by atoms with Crippen molar-refractivity contribution in [2.75, 3.05) is 13.7 Å². The van der Waals surface area contributed by atoms with Gasteiger partial charge in [0.25, 0.3) is 0 Å². The number of alkyl halides is 5. The molecule has 1 unspecified atom stereocenters. The lowest BCUT2D eigenvalue weighted by atomic mass is 9.79. The topological polar surface area (TPSA) is 41.9 Å². The first-order valence-corrected chi connectivity index (χ1v) is 7.75.